The van der Waals surface area contributed by atoms with Crippen molar-refractivity contribution in [1.29, 1.82) is 5.26 Å². The molecule has 2 heteroatoms. The van der Waals surface area contributed by atoms with Gasteiger partial charge in [-0.3, -0.25) is 0 Å². The van der Waals surface area contributed by atoms with E-state index in [1.54, 1.807) is 0 Å². The van der Waals surface area contributed by atoms with E-state index in [1.165, 1.54) is 17.5 Å². The molecule has 1 aromatic carbocycles. The van der Waals surface area contributed by atoms with Crippen LogP contribution in [-0.4, -0.2) is 0 Å². The molecular weight excluding hydrogens is 262 g/mol. The van der Waals surface area contributed by atoms with Crippen molar-refractivity contribution in [2.75, 3.05) is 0 Å². The van der Waals surface area contributed by atoms with Gasteiger partial charge >= 0.3 is 0 Å². The second-order valence-corrected chi connectivity index (χ2v) is 5.79. The molecule has 1 nitrogen and oxygen atoms in total. The molecule has 1 aliphatic carbocycles. The number of nitriles is 1. The highest BCUT2D eigenvalue weighted by molar-refractivity contribution is 9.10. The third kappa shape index (κ3) is 1.78. The summed E-state index contributed by atoms with van der Waals surface area (Å²) in [7, 11) is 0. The molecule has 1 saturated carbocycles. The van der Waals surface area contributed by atoms with Crippen molar-refractivity contribution in [3.8, 4) is 6.07 Å². The van der Waals surface area contributed by atoms with E-state index in [0.29, 0.717) is 5.92 Å². The second-order valence-electron chi connectivity index (χ2n) is 4.94. The molecule has 2 rings (SSSR count). The van der Waals surface area contributed by atoms with Crippen LogP contribution in [0.4, 0.5) is 0 Å². The predicted octanol–water partition coefficient (Wildman–Crippen LogP) is 4.52. The Morgan fingerprint density at radius 3 is 2.44 bits per heavy atom. The van der Waals surface area contributed by atoms with E-state index in [4.69, 9.17) is 0 Å². The first kappa shape index (κ1) is 11.7. The molecular formula is C14H16BrN. The lowest BCUT2D eigenvalue weighted by Crippen LogP contribution is -2.32. The lowest BCUT2D eigenvalue weighted by Gasteiger charge is -2.36. The van der Waals surface area contributed by atoms with Gasteiger partial charge in [-0.05, 0) is 42.4 Å². The smallest absolute Gasteiger partial charge is 0.0822 e. The normalized spacial score (nSPS) is 17.9. The largest absolute Gasteiger partial charge is 0.197 e. The maximum Gasteiger partial charge on any atom is 0.0822 e. The number of halogens is 1. The summed E-state index contributed by atoms with van der Waals surface area (Å²) in [4.78, 5) is 0. The fraction of sp³-hybridized carbons (Fsp3) is 0.500. The number of hydrogen-bond acceptors (Lipinski definition) is 1. The van der Waals surface area contributed by atoms with Crippen LogP contribution in [0.25, 0.3) is 0 Å². The molecule has 0 N–H and O–H groups in total. The molecule has 16 heavy (non-hydrogen) atoms. The zero-order chi connectivity index (χ0) is 11.8. The van der Waals surface area contributed by atoms with E-state index >= 15 is 0 Å². The Balaban J connectivity index is 2.39. The molecule has 84 valence electrons. The standard InChI is InChI=1S/C14H16BrN/c1-10(2)12-5-4-11(8-13(12)15)14(9-16)6-3-7-14/h4-5,8,10H,3,6-7H2,1-2H3. The second kappa shape index (κ2) is 4.22. The number of hydrogen-bond donors (Lipinski definition) is 0. The van der Waals surface area contributed by atoms with Crippen molar-refractivity contribution in [2.24, 2.45) is 0 Å². The number of rotatable bonds is 2. The third-order valence-electron chi connectivity index (χ3n) is 3.60. The van der Waals surface area contributed by atoms with E-state index in [2.05, 4.69) is 54.0 Å². The minimum atomic E-state index is -0.196. The molecule has 0 aromatic heterocycles. The summed E-state index contributed by atoms with van der Waals surface area (Å²) in [5.41, 5.74) is 2.30. The van der Waals surface area contributed by atoms with Gasteiger partial charge in [0.1, 0.15) is 0 Å². The average Bonchev–Trinajstić information content (AvgIpc) is 2.16. The van der Waals surface area contributed by atoms with E-state index in [-0.39, 0.29) is 5.41 Å². The van der Waals surface area contributed by atoms with Crippen LogP contribution in [0.3, 0.4) is 0 Å². The Morgan fingerprint density at radius 1 is 1.38 bits per heavy atom. The highest BCUT2D eigenvalue weighted by Gasteiger charge is 2.39. The van der Waals surface area contributed by atoms with Gasteiger partial charge in [-0.1, -0.05) is 41.9 Å². The summed E-state index contributed by atoms with van der Waals surface area (Å²) < 4.78 is 1.14. The van der Waals surface area contributed by atoms with Crippen LogP contribution in [0, 0.1) is 11.3 Å². The zero-order valence-corrected chi connectivity index (χ0v) is 11.3. The molecule has 0 heterocycles. The van der Waals surface area contributed by atoms with E-state index in [9.17, 15) is 5.26 Å². The summed E-state index contributed by atoms with van der Waals surface area (Å²) in [5.74, 6) is 0.517. The fourth-order valence-corrected chi connectivity index (χ4v) is 3.13. The van der Waals surface area contributed by atoms with Crippen LogP contribution in [-0.2, 0) is 5.41 Å². The molecule has 0 atom stereocenters. The molecule has 1 fully saturated rings. The van der Waals surface area contributed by atoms with Crippen molar-refractivity contribution < 1.29 is 0 Å². The first-order valence-corrected chi connectivity index (χ1v) is 6.59. The minimum Gasteiger partial charge on any atom is -0.197 e. The van der Waals surface area contributed by atoms with Gasteiger partial charge < -0.3 is 0 Å². The average molecular weight is 278 g/mol. The van der Waals surface area contributed by atoms with Crippen LogP contribution in [0.15, 0.2) is 22.7 Å². The van der Waals surface area contributed by atoms with Crippen LogP contribution in [0.1, 0.15) is 50.2 Å². The van der Waals surface area contributed by atoms with Crippen molar-refractivity contribution in [3.05, 3.63) is 33.8 Å². The first-order valence-electron chi connectivity index (χ1n) is 5.80. The topological polar surface area (TPSA) is 23.8 Å². The molecule has 1 aliphatic rings. The Bertz CT molecular complexity index is 439. The van der Waals surface area contributed by atoms with Gasteiger partial charge in [-0.15, -0.1) is 0 Å². The van der Waals surface area contributed by atoms with E-state index < -0.39 is 0 Å². The number of nitrogens with zero attached hydrogens (tertiary/aromatic N) is 1. The minimum absolute atomic E-state index is 0.196. The molecule has 0 radical (unpaired) electrons. The molecule has 0 saturated heterocycles. The Hall–Kier alpha value is -0.810. The van der Waals surface area contributed by atoms with E-state index in [0.717, 1.165) is 17.3 Å². The lowest BCUT2D eigenvalue weighted by atomic mass is 9.65. The van der Waals surface area contributed by atoms with Crippen molar-refractivity contribution in [1.82, 2.24) is 0 Å². The van der Waals surface area contributed by atoms with Crippen LogP contribution < -0.4 is 0 Å². The first-order chi connectivity index (χ1) is 7.59. The molecule has 0 aliphatic heterocycles. The molecule has 0 unspecified atom stereocenters. The van der Waals surface area contributed by atoms with Crippen molar-refractivity contribution in [2.45, 2.75) is 44.4 Å². The lowest BCUT2D eigenvalue weighted by molar-refractivity contribution is 0.324. The SMILES string of the molecule is CC(C)c1ccc(C2(C#N)CCC2)cc1Br. The summed E-state index contributed by atoms with van der Waals surface area (Å²) in [6.45, 7) is 4.37. The Morgan fingerprint density at radius 2 is 2.06 bits per heavy atom. The summed E-state index contributed by atoms with van der Waals surface area (Å²) in [6.07, 6.45) is 3.20. The predicted molar refractivity (Wildman–Crippen MR) is 69.4 cm³/mol. The third-order valence-corrected chi connectivity index (χ3v) is 4.28. The van der Waals surface area contributed by atoms with Crippen molar-refractivity contribution in [3.63, 3.8) is 0 Å². The molecule has 0 bridgehead atoms. The highest BCUT2D eigenvalue weighted by atomic mass is 79.9. The molecule has 0 spiro atoms. The monoisotopic (exact) mass is 277 g/mol. The van der Waals surface area contributed by atoms with Crippen LogP contribution in [0.2, 0.25) is 0 Å². The van der Waals surface area contributed by atoms with Gasteiger partial charge in [0.25, 0.3) is 0 Å². The van der Waals surface area contributed by atoms with E-state index in [1.807, 2.05) is 0 Å². The summed E-state index contributed by atoms with van der Waals surface area (Å²) in [6, 6.07) is 8.90. The number of benzene rings is 1. The quantitative estimate of drug-likeness (QED) is 0.780. The Labute approximate surface area is 106 Å². The van der Waals surface area contributed by atoms with Gasteiger partial charge in [0.15, 0.2) is 0 Å². The highest BCUT2D eigenvalue weighted by Crippen LogP contribution is 2.44. The molecule has 1 aromatic rings. The van der Waals surface area contributed by atoms with Gasteiger partial charge in [0.2, 0.25) is 0 Å². The van der Waals surface area contributed by atoms with Gasteiger partial charge in [0.05, 0.1) is 11.5 Å². The Kier molecular flexibility index (Phi) is 3.08. The maximum atomic E-state index is 9.29. The fourth-order valence-electron chi connectivity index (χ4n) is 2.29. The van der Waals surface area contributed by atoms with Crippen LogP contribution >= 0.6 is 15.9 Å². The molecule has 0 amide bonds. The van der Waals surface area contributed by atoms with Crippen LogP contribution in [0.5, 0.6) is 0 Å². The zero-order valence-electron chi connectivity index (χ0n) is 9.76. The summed E-state index contributed by atoms with van der Waals surface area (Å²) >= 11 is 3.61. The maximum absolute atomic E-state index is 9.29. The van der Waals surface area contributed by atoms with Gasteiger partial charge in [-0.2, -0.15) is 5.26 Å². The van der Waals surface area contributed by atoms with Gasteiger partial charge in [0, 0.05) is 4.47 Å². The summed E-state index contributed by atoms with van der Waals surface area (Å²) in [5, 5.41) is 9.29. The van der Waals surface area contributed by atoms with Gasteiger partial charge in [-0.25, -0.2) is 0 Å². The van der Waals surface area contributed by atoms with Crippen molar-refractivity contribution >= 4 is 15.9 Å².